The molecule has 1 heterocycles. The molecule has 2 unspecified atom stereocenters. The van der Waals surface area contributed by atoms with E-state index in [9.17, 15) is 4.39 Å². The number of nitrogens with one attached hydrogen (secondary N) is 1. The van der Waals surface area contributed by atoms with Crippen LogP contribution in [0.15, 0.2) is 22.7 Å². The SMILES string of the molecule is CNC(Cc1cc(F)ccc1Br)C1CCCCS1. The van der Waals surface area contributed by atoms with Crippen LogP contribution in [0.5, 0.6) is 0 Å². The number of halogens is 2. The van der Waals surface area contributed by atoms with Gasteiger partial charge in [0.2, 0.25) is 0 Å². The maximum atomic E-state index is 13.3. The fourth-order valence-corrected chi connectivity index (χ4v) is 4.32. The van der Waals surface area contributed by atoms with E-state index >= 15 is 0 Å². The molecule has 1 saturated heterocycles. The number of hydrogen-bond acceptors (Lipinski definition) is 2. The Morgan fingerprint density at radius 1 is 1.50 bits per heavy atom. The van der Waals surface area contributed by atoms with Crippen LogP contribution < -0.4 is 5.32 Å². The van der Waals surface area contributed by atoms with Gasteiger partial charge < -0.3 is 5.32 Å². The Labute approximate surface area is 121 Å². The van der Waals surface area contributed by atoms with Crippen molar-refractivity contribution in [3.63, 3.8) is 0 Å². The molecule has 4 heteroatoms. The lowest BCUT2D eigenvalue weighted by Crippen LogP contribution is -2.39. The van der Waals surface area contributed by atoms with Gasteiger partial charge in [-0.1, -0.05) is 22.4 Å². The Morgan fingerprint density at radius 3 is 3.00 bits per heavy atom. The highest BCUT2D eigenvalue weighted by atomic mass is 79.9. The fourth-order valence-electron chi connectivity index (χ4n) is 2.44. The molecule has 1 N–H and O–H groups in total. The predicted octanol–water partition coefficient (Wildman–Crippen LogP) is 4.00. The Balaban J connectivity index is 2.06. The van der Waals surface area contributed by atoms with E-state index in [-0.39, 0.29) is 5.82 Å². The number of rotatable bonds is 4. The van der Waals surface area contributed by atoms with Crippen LogP contribution in [-0.2, 0) is 6.42 Å². The summed E-state index contributed by atoms with van der Waals surface area (Å²) in [6, 6.07) is 5.36. The third-order valence-corrected chi connectivity index (χ3v) is 5.77. The zero-order chi connectivity index (χ0) is 13.0. The molecule has 0 radical (unpaired) electrons. The molecule has 0 aromatic heterocycles. The van der Waals surface area contributed by atoms with Crippen LogP contribution in [-0.4, -0.2) is 24.1 Å². The van der Waals surface area contributed by atoms with E-state index in [2.05, 4.69) is 33.0 Å². The molecule has 2 atom stereocenters. The molecule has 1 aliphatic rings. The predicted molar refractivity (Wildman–Crippen MR) is 80.7 cm³/mol. The van der Waals surface area contributed by atoms with Crippen molar-refractivity contribution in [3.05, 3.63) is 34.1 Å². The molecule has 0 bridgehead atoms. The molecule has 0 aliphatic carbocycles. The Morgan fingerprint density at radius 2 is 2.33 bits per heavy atom. The largest absolute Gasteiger partial charge is 0.316 e. The van der Waals surface area contributed by atoms with E-state index in [4.69, 9.17) is 0 Å². The lowest BCUT2D eigenvalue weighted by Gasteiger charge is -2.30. The van der Waals surface area contributed by atoms with Gasteiger partial charge in [0, 0.05) is 15.8 Å². The first-order valence-corrected chi connectivity index (χ1v) is 8.27. The molecule has 0 amide bonds. The van der Waals surface area contributed by atoms with Gasteiger partial charge in [-0.2, -0.15) is 11.8 Å². The number of likely N-dealkylation sites (N-methyl/N-ethyl adjacent to an activating group) is 1. The van der Waals surface area contributed by atoms with Crippen LogP contribution in [0.1, 0.15) is 24.8 Å². The minimum absolute atomic E-state index is 0.153. The maximum absolute atomic E-state index is 13.3. The third kappa shape index (κ3) is 3.72. The highest BCUT2D eigenvalue weighted by molar-refractivity contribution is 9.10. The maximum Gasteiger partial charge on any atom is 0.123 e. The molecule has 1 aliphatic heterocycles. The summed E-state index contributed by atoms with van der Waals surface area (Å²) >= 11 is 5.56. The number of benzene rings is 1. The average Bonchev–Trinajstić information content (AvgIpc) is 2.41. The summed E-state index contributed by atoms with van der Waals surface area (Å²) in [7, 11) is 2.01. The van der Waals surface area contributed by atoms with Crippen LogP contribution >= 0.6 is 27.7 Å². The summed E-state index contributed by atoms with van der Waals surface area (Å²) < 4.78 is 14.3. The first-order chi connectivity index (χ1) is 8.70. The smallest absolute Gasteiger partial charge is 0.123 e. The minimum Gasteiger partial charge on any atom is -0.316 e. The van der Waals surface area contributed by atoms with Gasteiger partial charge in [0.25, 0.3) is 0 Å². The summed E-state index contributed by atoms with van der Waals surface area (Å²) in [5.74, 6) is 1.10. The van der Waals surface area contributed by atoms with E-state index in [0.717, 1.165) is 16.5 Å². The molecule has 0 saturated carbocycles. The molecule has 100 valence electrons. The van der Waals surface area contributed by atoms with Crippen molar-refractivity contribution >= 4 is 27.7 Å². The highest BCUT2D eigenvalue weighted by Crippen LogP contribution is 2.30. The van der Waals surface area contributed by atoms with Crippen LogP contribution in [0.3, 0.4) is 0 Å². The van der Waals surface area contributed by atoms with Crippen molar-refractivity contribution in [3.8, 4) is 0 Å². The van der Waals surface area contributed by atoms with E-state index in [0.29, 0.717) is 11.3 Å². The highest BCUT2D eigenvalue weighted by Gasteiger charge is 2.23. The number of hydrogen-bond donors (Lipinski definition) is 1. The second-order valence-electron chi connectivity index (χ2n) is 4.74. The van der Waals surface area contributed by atoms with E-state index in [1.165, 1.54) is 31.1 Å². The molecule has 1 fully saturated rings. The summed E-state index contributed by atoms with van der Waals surface area (Å²) in [4.78, 5) is 0. The summed E-state index contributed by atoms with van der Waals surface area (Å²) in [6.07, 6.45) is 4.80. The van der Waals surface area contributed by atoms with E-state index < -0.39 is 0 Å². The van der Waals surface area contributed by atoms with Gasteiger partial charge >= 0.3 is 0 Å². The molecule has 1 nitrogen and oxygen atoms in total. The first-order valence-electron chi connectivity index (χ1n) is 6.43. The quantitative estimate of drug-likeness (QED) is 0.894. The van der Waals surface area contributed by atoms with Gasteiger partial charge in [-0.3, -0.25) is 0 Å². The van der Waals surface area contributed by atoms with Crippen molar-refractivity contribution < 1.29 is 4.39 Å². The van der Waals surface area contributed by atoms with Crippen LogP contribution in [0.25, 0.3) is 0 Å². The summed E-state index contributed by atoms with van der Waals surface area (Å²) in [5, 5.41) is 4.05. The zero-order valence-electron chi connectivity index (χ0n) is 10.6. The molecule has 2 rings (SSSR count). The van der Waals surface area contributed by atoms with Crippen molar-refractivity contribution in [2.45, 2.75) is 37.0 Å². The average molecular weight is 332 g/mol. The second-order valence-corrected chi connectivity index (χ2v) is 6.94. The molecule has 18 heavy (non-hydrogen) atoms. The fraction of sp³-hybridized carbons (Fsp3) is 0.571. The van der Waals surface area contributed by atoms with Gasteiger partial charge in [-0.05, 0) is 55.8 Å². The summed E-state index contributed by atoms with van der Waals surface area (Å²) in [6.45, 7) is 0. The topological polar surface area (TPSA) is 12.0 Å². The monoisotopic (exact) mass is 331 g/mol. The second kappa shape index (κ2) is 6.92. The zero-order valence-corrected chi connectivity index (χ0v) is 13.0. The van der Waals surface area contributed by atoms with Gasteiger partial charge in [0.1, 0.15) is 5.82 Å². The molecular weight excluding hydrogens is 313 g/mol. The van der Waals surface area contributed by atoms with Crippen molar-refractivity contribution in [1.82, 2.24) is 5.32 Å². The van der Waals surface area contributed by atoms with E-state index in [1.807, 2.05) is 7.05 Å². The number of thioether (sulfide) groups is 1. The van der Waals surface area contributed by atoms with Crippen LogP contribution in [0.4, 0.5) is 4.39 Å². The van der Waals surface area contributed by atoms with Crippen molar-refractivity contribution in [2.75, 3.05) is 12.8 Å². The molecule has 0 spiro atoms. The van der Waals surface area contributed by atoms with Gasteiger partial charge in [-0.25, -0.2) is 4.39 Å². The molecular formula is C14H19BrFNS. The van der Waals surface area contributed by atoms with Crippen molar-refractivity contribution in [1.29, 1.82) is 0 Å². The van der Waals surface area contributed by atoms with Gasteiger partial charge in [-0.15, -0.1) is 0 Å². The Hall–Kier alpha value is -0.0600. The normalized spacial score (nSPS) is 21.8. The van der Waals surface area contributed by atoms with Crippen molar-refractivity contribution in [2.24, 2.45) is 0 Å². The lowest BCUT2D eigenvalue weighted by molar-refractivity contribution is 0.493. The minimum atomic E-state index is -0.153. The Bertz CT molecular complexity index is 393. The molecule has 1 aromatic carbocycles. The third-order valence-electron chi connectivity index (χ3n) is 3.48. The molecule has 1 aromatic rings. The first kappa shape index (κ1) is 14.4. The van der Waals surface area contributed by atoms with Gasteiger partial charge in [0.15, 0.2) is 0 Å². The van der Waals surface area contributed by atoms with Crippen LogP contribution in [0.2, 0.25) is 0 Å². The summed E-state index contributed by atoms with van der Waals surface area (Å²) in [5.41, 5.74) is 1.06. The standard InChI is InChI=1S/C14H19BrFNS/c1-17-13(14-4-2-3-7-18-14)9-10-8-11(16)5-6-12(10)15/h5-6,8,13-14,17H,2-4,7,9H2,1H3. The Kier molecular flexibility index (Phi) is 5.52. The van der Waals surface area contributed by atoms with Crippen LogP contribution in [0, 0.1) is 5.82 Å². The van der Waals surface area contributed by atoms with Gasteiger partial charge in [0.05, 0.1) is 0 Å². The lowest BCUT2D eigenvalue weighted by atomic mass is 9.99. The van der Waals surface area contributed by atoms with E-state index in [1.54, 1.807) is 12.1 Å².